The zero-order valence-corrected chi connectivity index (χ0v) is 12.7. The molecule has 0 spiro atoms. The van der Waals surface area contributed by atoms with Crippen molar-refractivity contribution in [1.82, 2.24) is 0 Å². The van der Waals surface area contributed by atoms with Gasteiger partial charge in [-0.05, 0) is 35.5 Å². The molecular formula is C16H32O. The minimum Gasteiger partial charge on any atom is -0.393 e. The molecule has 1 heteroatoms. The predicted molar refractivity (Wildman–Crippen MR) is 75.0 cm³/mol. The average molecular weight is 240 g/mol. The lowest BCUT2D eigenvalue weighted by atomic mass is 9.59. The van der Waals surface area contributed by atoms with Gasteiger partial charge in [0, 0.05) is 0 Å². The molecule has 1 fully saturated rings. The van der Waals surface area contributed by atoms with Crippen LogP contribution in [0.4, 0.5) is 0 Å². The molecule has 1 nitrogen and oxygen atoms in total. The molecule has 0 amide bonds. The molecule has 0 aromatic rings. The lowest BCUT2D eigenvalue weighted by Gasteiger charge is -2.48. The van der Waals surface area contributed by atoms with Crippen LogP contribution in [0.5, 0.6) is 0 Å². The van der Waals surface area contributed by atoms with Crippen LogP contribution in [-0.4, -0.2) is 11.2 Å². The number of hydrogen-bond acceptors (Lipinski definition) is 1. The van der Waals surface area contributed by atoms with Gasteiger partial charge in [0.1, 0.15) is 0 Å². The van der Waals surface area contributed by atoms with E-state index >= 15 is 0 Å². The summed E-state index contributed by atoms with van der Waals surface area (Å²) in [6.07, 6.45) is 5.92. The molecule has 0 aromatic heterocycles. The summed E-state index contributed by atoms with van der Waals surface area (Å²) >= 11 is 0. The van der Waals surface area contributed by atoms with Crippen molar-refractivity contribution in [3.8, 4) is 0 Å². The van der Waals surface area contributed by atoms with E-state index in [0.717, 1.165) is 12.8 Å². The second kappa shape index (κ2) is 5.30. The Hall–Kier alpha value is -0.0400. The van der Waals surface area contributed by atoms with Gasteiger partial charge in [0.15, 0.2) is 0 Å². The van der Waals surface area contributed by atoms with E-state index in [4.69, 9.17) is 0 Å². The molecule has 0 bridgehead atoms. The second-order valence-corrected chi connectivity index (χ2v) is 7.32. The summed E-state index contributed by atoms with van der Waals surface area (Å²) in [6, 6.07) is 0. The molecule has 2 unspecified atom stereocenters. The van der Waals surface area contributed by atoms with Gasteiger partial charge in [-0.15, -0.1) is 0 Å². The molecule has 17 heavy (non-hydrogen) atoms. The average Bonchev–Trinajstić information content (AvgIpc) is 2.28. The minimum absolute atomic E-state index is 0.103. The first kappa shape index (κ1) is 15.0. The third-order valence-corrected chi connectivity index (χ3v) is 5.68. The third-order valence-electron chi connectivity index (χ3n) is 5.68. The molecule has 0 radical (unpaired) electrons. The van der Waals surface area contributed by atoms with Gasteiger partial charge < -0.3 is 5.11 Å². The highest BCUT2D eigenvalue weighted by molar-refractivity contribution is 4.94. The zero-order valence-electron chi connectivity index (χ0n) is 12.7. The summed E-state index contributed by atoms with van der Waals surface area (Å²) < 4.78 is 0. The lowest BCUT2D eigenvalue weighted by molar-refractivity contribution is -0.0765. The molecule has 2 atom stereocenters. The zero-order chi connectivity index (χ0) is 13.3. The Kier molecular flexibility index (Phi) is 4.68. The fourth-order valence-electron chi connectivity index (χ4n) is 3.41. The molecule has 102 valence electrons. The van der Waals surface area contributed by atoms with Crippen molar-refractivity contribution in [2.24, 2.45) is 22.7 Å². The Labute approximate surface area is 108 Å². The Morgan fingerprint density at radius 3 is 1.53 bits per heavy atom. The highest BCUT2D eigenvalue weighted by atomic mass is 16.3. The summed E-state index contributed by atoms with van der Waals surface area (Å²) in [7, 11) is 0. The molecule has 1 N–H and O–H groups in total. The quantitative estimate of drug-likeness (QED) is 0.759. The van der Waals surface area contributed by atoms with Crippen LogP contribution in [0.1, 0.15) is 73.6 Å². The van der Waals surface area contributed by atoms with Crippen LogP contribution in [0.3, 0.4) is 0 Å². The van der Waals surface area contributed by atoms with Crippen LogP contribution >= 0.6 is 0 Å². The number of aliphatic hydroxyl groups is 1. The van der Waals surface area contributed by atoms with E-state index in [0.29, 0.717) is 11.8 Å². The van der Waals surface area contributed by atoms with Crippen molar-refractivity contribution in [3.63, 3.8) is 0 Å². The molecule has 0 aromatic carbocycles. The number of aliphatic hydroxyl groups excluding tert-OH is 1. The highest BCUT2D eigenvalue weighted by Crippen LogP contribution is 2.48. The fraction of sp³-hybridized carbons (Fsp3) is 1.00. The van der Waals surface area contributed by atoms with Gasteiger partial charge in [0.05, 0.1) is 6.10 Å². The Balaban J connectivity index is 2.86. The maximum atomic E-state index is 10.8. The normalized spacial score (nSPS) is 31.6. The largest absolute Gasteiger partial charge is 0.393 e. The first-order valence-electron chi connectivity index (χ1n) is 7.44. The summed E-state index contributed by atoms with van der Waals surface area (Å²) in [5.74, 6) is 0.967. The fourth-order valence-corrected chi connectivity index (χ4v) is 3.41. The van der Waals surface area contributed by atoms with Gasteiger partial charge in [0.2, 0.25) is 0 Å². The number of rotatable bonds is 4. The van der Waals surface area contributed by atoms with E-state index in [-0.39, 0.29) is 16.9 Å². The molecular weight excluding hydrogens is 208 g/mol. The van der Waals surface area contributed by atoms with Crippen LogP contribution in [-0.2, 0) is 0 Å². The monoisotopic (exact) mass is 240 g/mol. The van der Waals surface area contributed by atoms with Crippen LogP contribution in [0.15, 0.2) is 0 Å². The first-order valence-corrected chi connectivity index (χ1v) is 7.44. The van der Waals surface area contributed by atoms with E-state index in [1.807, 2.05) is 0 Å². The minimum atomic E-state index is -0.103. The van der Waals surface area contributed by atoms with Gasteiger partial charge in [-0.25, -0.2) is 0 Å². The van der Waals surface area contributed by atoms with Crippen LogP contribution in [0.2, 0.25) is 0 Å². The lowest BCUT2D eigenvalue weighted by Crippen LogP contribution is -2.46. The summed E-state index contributed by atoms with van der Waals surface area (Å²) in [5, 5.41) is 10.8. The van der Waals surface area contributed by atoms with E-state index < -0.39 is 0 Å². The molecule has 0 aliphatic heterocycles. The van der Waals surface area contributed by atoms with Gasteiger partial charge >= 0.3 is 0 Å². The molecule has 0 heterocycles. The standard InChI is InChI=1S/C16H32O/c1-7-15(3,4)12-10-9-11-13(14(12)17)16(5,6)8-2/h12-14,17H,7-11H2,1-6H3. The van der Waals surface area contributed by atoms with Crippen molar-refractivity contribution in [2.45, 2.75) is 79.8 Å². The molecule has 1 saturated carbocycles. The predicted octanol–water partition coefficient (Wildman–Crippen LogP) is 4.64. The van der Waals surface area contributed by atoms with E-state index in [1.54, 1.807) is 0 Å². The van der Waals surface area contributed by atoms with E-state index in [9.17, 15) is 5.11 Å². The SMILES string of the molecule is CCC(C)(C)C1CCCC(C(C)(C)CC)C1O. The third kappa shape index (κ3) is 3.05. The van der Waals surface area contributed by atoms with Crippen LogP contribution in [0.25, 0.3) is 0 Å². The van der Waals surface area contributed by atoms with Crippen molar-refractivity contribution < 1.29 is 5.11 Å². The topological polar surface area (TPSA) is 20.2 Å². The van der Waals surface area contributed by atoms with Crippen molar-refractivity contribution in [1.29, 1.82) is 0 Å². The van der Waals surface area contributed by atoms with Crippen molar-refractivity contribution in [3.05, 3.63) is 0 Å². The molecule has 1 aliphatic carbocycles. The Bertz CT molecular complexity index is 218. The van der Waals surface area contributed by atoms with Crippen molar-refractivity contribution >= 4 is 0 Å². The summed E-state index contributed by atoms with van der Waals surface area (Å²) in [4.78, 5) is 0. The summed E-state index contributed by atoms with van der Waals surface area (Å²) in [5.41, 5.74) is 0.559. The summed E-state index contributed by atoms with van der Waals surface area (Å²) in [6.45, 7) is 13.8. The van der Waals surface area contributed by atoms with Gasteiger partial charge in [-0.3, -0.25) is 0 Å². The Morgan fingerprint density at radius 2 is 1.24 bits per heavy atom. The first-order chi connectivity index (χ1) is 7.76. The van der Waals surface area contributed by atoms with Gasteiger partial charge in [-0.2, -0.15) is 0 Å². The molecule has 1 rings (SSSR count). The molecule has 0 saturated heterocycles. The molecule has 1 aliphatic rings. The maximum absolute atomic E-state index is 10.8. The van der Waals surface area contributed by atoms with E-state index in [1.165, 1.54) is 19.3 Å². The van der Waals surface area contributed by atoms with Crippen molar-refractivity contribution in [2.75, 3.05) is 0 Å². The second-order valence-electron chi connectivity index (χ2n) is 7.32. The van der Waals surface area contributed by atoms with E-state index in [2.05, 4.69) is 41.5 Å². The highest BCUT2D eigenvalue weighted by Gasteiger charge is 2.44. The smallest absolute Gasteiger partial charge is 0.0606 e. The maximum Gasteiger partial charge on any atom is 0.0606 e. The van der Waals surface area contributed by atoms with Crippen LogP contribution < -0.4 is 0 Å². The van der Waals surface area contributed by atoms with Gasteiger partial charge in [-0.1, -0.05) is 60.8 Å². The van der Waals surface area contributed by atoms with Crippen LogP contribution in [0, 0.1) is 22.7 Å². The Morgan fingerprint density at radius 1 is 0.882 bits per heavy atom. The number of hydrogen-bond donors (Lipinski definition) is 1. The van der Waals surface area contributed by atoms with Gasteiger partial charge in [0.25, 0.3) is 0 Å².